The van der Waals surface area contributed by atoms with Crippen molar-refractivity contribution in [2.24, 2.45) is 0 Å². The molecule has 1 unspecified atom stereocenters. The van der Waals surface area contributed by atoms with Gasteiger partial charge in [-0.1, -0.05) is 42.8 Å². The molecule has 0 spiro atoms. The van der Waals surface area contributed by atoms with Crippen molar-refractivity contribution in [3.63, 3.8) is 0 Å². The van der Waals surface area contributed by atoms with Crippen LogP contribution in [0.15, 0.2) is 71.6 Å². The Morgan fingerprint density at radius 2 is 1.58 bits per heavy atom. The van der Waals surface area contributed by atoms with E-state index in [2.05, 4.69) is 5.32 Å². The van der Waals surface area contributed by atoms with Crippen molar-refractivity contribution in [1.29, 1.82) is 0 Å². The van der Waals surface area contributed by atoms with E-state index in [9.17, 15) is 17.6 Å². The van der Waals surface area contributed by atoms with Crippen LogP contribution in [0.4, 0.5) is 10.1 Å². The zero-order valence-electron chi connectivity index (χ0n) is 19.3. The average Bonchev–Trinajstić information content (AvgIpc) is 2.78. The molecule has 0 aromatic heterocycles. The van der Waals surface area contributed by atoms with Crippen molar-refractivity contribution < 1.29 is 17.6 Å². The summed E-state index contributed by atoms with van der Waals surface area (Å²) in [6.45, 7) is 7.43. The molecule has 3 aromatic carbocycles. The summed E-state index contributed by atoms with van der Waals surface area (Å²) in [4.78, 5) is 13.1. The van der Waals surface area contributed by atoms with Crippen LogP contribution in [0.25, 0.3) is 0 Å². The van der Waals surface area contributed by atoms with E-state index in [1.807, 2.05) is 45.9 Å². The van der Waals surface area contributed by atoms with Gasteiger partial charge in [0.15, 0.2) is 0 Å². The lowest BCUT2D eigenvalue weighted by molar-refractivity contribution is -0.120. The van der Waals surface area contributed by atoms with E-state index in [1.54, 1.807) is 12.1 Å². The molecule has 3 aromatic rings. The van der Waals surface area contributed by atoms with Crippen molar-refractivity contribution in [2.45, 2.75) is 45.1 Å². The van der Waals surface area contributed by atoms with Gasteiger partial charge in [-0.3, -0.25) is 9.10 Å². The Morgan fingerprint density at radius 1 is 0.939 bits per heavy atom. The summed E-state index contributed by atoms with van der Waals surface area (Å²) in [5.74, 6) is -0.934. The Kier molecular flexibility index (Phi) is 7.53. The highest BCUT2D eigenvalue weighted by atomic mass is 32.2. The van der Waals surface area contributed by atoms with Gasteiger partial charge in [0.25, 0.3) is 10.0 Å². The van der Waals surface area contributed by atoms with Crippen LogP contribution in [-0.4, -0.2) is 20.9 Å². The van der Waals surface area contributed by atoms with E-state index in [-0.39, 0.29) is 16.6 Å². The van der Waals surface area contributed by atoms with Crippen LogP contribution >= 0.6 is 0 Å². The monoisotopic (exact) mass is 468 g/mol. The second kappa shape index (κ2) is 10.2. The number of hydrogen-bond donors (Lipinski definition) is 1. The fraction of sp³-hybridized carbons (Fsp3) is 0.269. The summed E-state index contributed by atoms with van der Waals surface area (Å²) in [6, 6.07) is 17.2. The lowest BCUT2D eigenvalue weighted by Crippen LogP contribution is -2.42. The summed E-state index contributed by atoms with van der Waals surface area (Å²) < 4.78 is 41.4. The van der Waals surface area contributed by atoms with Gasteiger partial charge in [-0.25, -0.2) is 12.8 Å². The fourth-order valence-corrected chi connectivity index (χ4v) is 4.95. The molecule has 0 aliphatic carbocycles. The number of aryl methyl sites for hydroxylation is 3. The molecule has 174 valence electrons. The van der Waals surface area contributed by atoms with Gasteiger partial charge >= 0.3 is 0 Å². The Labute approximate surface area is 195 Å². The first-order chi connectivity index (χ1) is 15.6. The van der Waals surface area contributed by atoms with Crippen LogP contribution in [0.3, 0.4) is 0 Å². The predicted molar refractivity (Wildman–Crippen MR) is 129 cm³/mol. The zero-order valence-corrected chi connectivity index (χ0v) is 20.1. The number of anilines is 1. The van der Waals surface area contributed by atoms with Gasteiger partial charge in [-0.05, 0) is 80.3 Å². The van der Waals surface area contributed by atoms with Crippen LogP contribution in [-0.2, 0) is 14.8 Å². The lowest BCUT2D eigenvalue weighted by atomic mass is 9.99. The predicted octanol–water partition coefficient (Wildman–Crippen LogP) is 5.21. The number of halogens is 1. The third-order valence-corrected chi connectivity index (χ3v) is 7.48. The molecule has 5 nitrogen and oxygen atoms in total. The van der Waals surface area contributed by atoms with E-state index in [4.69, 9.17) is 0 Å². The molecule has 1 atom stereocenters. The number of amides is 1. The van der Waals surface area contributed by atoms with E-state index >= 15 is 0 Å². The first kappa shape index (κ1) is 24.5. The molecular formula is C26H29FN2O3S. The van der Waals surface area contributed by atoms with Crippen LogP contribution in [0, 0.1) is 26.6 Å². The minimum Gasteiger partial charge on any atom is -0.348 e. The highest BCUT2D eigenvalue weighted by molar-refractivity contribution is 7.92. The van der Waals surface area contributed by atoms with Gasteiger partial charge in [0.05, 0.1) is 16.6 Å². The minimum atomic E-state index is -4.05. The van der Waals surface area contributed by atoms with Gasteiger partial charge in [0.2, 0.25) is 5.91 Å². The molecule has 0 saturated heterocycles. The number of hydrogen-bond acceptors (Lipinski definition) is 3. The smallest absolute Gasteiger partial charge is 0.264 e. The van der Waals surface area contributed by atoms with Gasteiger partial charge in [-0.15, -0.1) is 0 Å². The molecule has 0 heterocycles. The van der Waals surface area contributed by atoms with Crippen molar-refractivity contribution in [1.82, 2.24) is 5.32 Å². The second-order valence-corrected chi connectivity index (χ2v) is 10.0. The topological polar surface area (TPSA) is 66.5 Å². The van der Waals surface area contributed by atoms with Crippen molar-refractivity contribution in [3.8, 4) is 0 Å². The molecule has 0 radical (unpaired) electrons. The molecule has 1 N–H and O–H groups in total. The number of sulfonamides is 1. The number of carbonyl (C=O) groups is 1. The van der Waals surface area contributed by atoms with Gasteiger partial charge in [0, 0.05) is 0 Å². The maximum atomic E-state index is 13.5. The van der Waals surface area contributed by atoms with Crippen LogP contribution < -0.4 is 9.62 Å². The number of nitrogens with one attached hydrogen (secondary N) is 1. The van der Waals surface area contributed by atoms with Gasteiger partial charge in [0.1, 0.15) is 12.4 Å². The number of carbonyl (C=O) groups excluding carboxylic acids is 1. The van der Waals surface area contributed by atoms with Crippen LogP contribution in [0.5, 0.6) is 0 Å². The maximum Gasteiger partial charge on any atom is 0.264 e. The fourth-order valence-electron chi connectivity index (χ4n) is 3.53. The molecule has 0 fully saturated rings. The van der Waals surface area contributed by atoms with Crippen LogP contribution in [0.1, 0.15) is 41.6 Å². The third-order valence-electron chi connectivity index (χ3n) is 5.69. The molecule has 33 heavy (non-hydrogen) atoms. The first-order valence-corrected chi connectivity index (χ1v) is 12.3. The Bertz CT molecular complexity index is 1220. The van der Waals surface area contributed by atoms with E-state index in [0.717, 1.165) is 26.6 Å². The molecule has 0 aliphatic rings. The third kappa shape index (κ3) is 5.79. The zero-order chi connectivity index (χ0) is 24.2. The molecule has 7 heteroatoms. The number of benzene rings is 3. The average molecular weight is 469 g/mol. The first-order valence-electron chi connectivity index (χ1n) is 10.8. The Hall–Kier alpha value is -3.19. The van der Waals surface area contributed by atoms with Crippen molar-refractivity contribution in [2.75, 3.05) is 10.8 Å². The molecule has 1 amide bonds. The van der Waals surface area contributed by atoms with Gasteiger partial charge in [-0.2, -0.15) is 0 Å². The normalized spacial score (nSPS) is 12.3. The molecule has 0 bridgehead atoms. The molecular weight excluding hydrogens is 439 g/mol. The van der Waals surface area contributed by atoms with E-state index < -0.39 is 28.3 Å². The Morgan fingerprint density at radius 3 is 2.15 bits per heavy atom. The second-order valence-electron chi connectivity index (χ2n) is 8.17. The summed E-state index contributed by atoms with van der Waals surface area (Å²) in [6.07, 6.45) is 0.648. The minimum absolute atomic E-state index is 0.0615. The van der Waals surface area contributed by atoms with Crippen LogP contribution in [0.2, 0.25) is 0 Å². The van der Waals surface area contributed by atoms with E-state index in [1.165, 1.54) is 36.4 Å². The Balaban J connectivity index is 1.90. The van der Waals surface area contributed by atoms with E-state index in [0.29, 0.717) is 6.42 Å². The summed E-state index contributed by atoms with van der Waals surface area (Å²) in [7, 11) is -4.05. The van der Waals surface area contributed by atoms with Crippen molar-refractivity contribution in [3.05, 3.63) is 94.8 Å². The number of rotatable bonds is 8. The standard InChI is InChI=1S/C26H29FN2O3S/c1-5-25(21-9-8-19(3)20(4)16-21)28-26(30)17-29(23-12-10-22(27)11-13-23)33(31,32)24-14-6-18(2)7-15-24/h6-16,25H,5,17H2,1-4H3,(H,28,30). The quantitative estimate of drug-likeness (QED) is 0.493. The molecule has 3 rings (SSSR count). The highest BCUT2D eigenvalue weighted by Crippen LogP contribution is 2.25. The van der Waals surface area contributed by atoms with Crippen molar-refractivity contribution >= 4 is 21.6 Å². The summed E-state index contributed by atoms with van der Waals surface area (Å²) >= 11 is 0. The molecule has 0 saturated carbocycles. The number of nitrogens with zero attached hydrogens (tertiary/aromatic N) is 1. The SMILES string of the molecule is CCC(NC(=O)CN(c1ccc(F)cc1)S(=O)(=O)c1ccc(C)cc1)c1ccc(C)c(C)c1. The summed E-state index contributed by atoms with van der Waals surface area (Å²) in [5.41, 5.74) is 4.37. The maximum absolute atomic E-state index is 13.5. The lowest BCUT2D eigenvalue weighted by Gasteiger charge is -2.26. The highest BCUT2D eigenvalue weighted by Gasteiger charge is 2.28. The van der Waals surface area contributed by atoms with Gasteiger partial charge < -0.3 is 5.32 Å². The summed E-state index contributed by atoms with van der Waals surface area (Å²) in [5, 5.41) is 2.95. The molecule has 0 aliphatic heterocycles. The largest absolute Gasteiger partial charge is 0.348 e.